The normalized spacial score (nSPS) is 21.4. The number of carboxylic acids is 1. The highest BCUT2D eigenvalue weighted by molar-refractivity contribution is 5.75. The van der Waals surface area contributed by atoms with E-state index in [1.54, 1.807) is 0 Å². The van der Waals surface area contributed by atoms with Crippen LogP contribution < -0.4 is 5.32 Å². The number of carbonyl (C=O) groups is 2. The Labute approximate surface area is 120 Å². The van der Waals surface area contributed by atoms with Crippen molar-refractivity contribution in [3.8, 4) is 0 Å². The van der Waals surface area contributed by atoms with Crippen molar-refractivity contribution in [3.63, 3.8) is 0 Å². The highest BCUT2D eigenvalue weighted by Crippen LogP contribution is 2.39. The summed E-state index contributed by atoms with van der Waals surface area (Å²) >= 11 is 0. The third kappa shape index (κ3) is 4.10. The maximum Gasteiger partial charge on any atom is 0.317 e. The molecule has 2 fully saturated rings. The molecule has 20 heavy (non-hydrogen) atoms. The van der Waals surface area contributed by atoms with E-state index in [9.17, 15) is 9.59 Å². The van der Waals surface area contributed by atoms with Crippen LogP contribution in [0.3, 0.4) is 0 Å². The lowest BCUT2D eigenvalue weighted by atomic mass is 9.99. The molecule has 6 nitrogen and oxygen atoms in total. The largest absolute Gasteiger partial charge is 0.480 e. The number of hydrogen-bond donors (Lipinski definition) is 2. The Balaban J connectivity index is 1.83. The molecule has 1 saturated heterocycles. The van der Waals surface area contributed by atoms with Gasteiger partial charge in [-0.1, -0.05) is 0 Å². The number of urea groups is 1. The monoisotopic (exact) mass is 283 g/mol. The second-order valence-corrected chi connectivity index (χ2v) is 6.44. The van der Waals surface area contributed by atoms with Crippen LogP contribution in [0.5, 0.6) is 0 Å². The fraction of sp³-hybridized carbons (Fsp3) is 0.857. The van der Waals surface area contributed by atoms with E-state index in [0.717, 1.165) is 13.0 Å². The number of nitrogens with one attached hydrogen (secondary N) is 1. The Kier molecular flexibility index (Phi) is 4.52. The number of aliphatic carboxylic acids is 1. The Bertz CT molecular complexity index is 380. The first-order valence-corrected chi connectivity index (χ1v) is 7.40. The first-order chi connectivity index (χ1) is 9.38. The third-order valence-electron chi connectivity index (χ3n) is 4.26. The zero-order valence-corrected chi connectivity index (χ0v) is 12.4. The van der Waals surface area contributed by atoms with E-state index in [4.69, 9.17) is 5.11 Å². The fourth-order valence-corrected chi connectivity index (χ4v) is 2.79. The molecule has 0 spiro atoms. The van der Waals surface area contributed by atoms with Crippen molar-refractivity contribution in [2.24, 2.45) is 5.92 Å². The van der Waals surface area contributed by atoms with E-state index in [0.29, 0.717) is 25.6 Å². The van der Waals surface area contributed by atoms with Gasteiger partial charge in [-0.3, -0.25) is 9.69 Å². The van der Waals surface area contributed by atoms with E-state index in [-0.39, 0.29) is 18.1 Å². The first kappa shape index (κ1) is 15.1. The number of nitrogens with zero attached hydrogens (tertiary/aromatic N) is 2. The van der Waals surface area contributed by atoms with Crippen molar-refractivity contribution in [3.05, 3.63) is 0 Å². The van der Waals surface area contributed by atoms with Gasteiger partial charge in [0.2, 0.25) is 0 Å². The minimum atomic E-state index is -0.808. The van der Waals surface area contributed by atoms with Gasteiger partial charge >= 0.3 is 12.0 Å². The molecule has 114 valence electrons. The Morgan fingerprint density at radius 2 is 1.90 bits per heavy atom. The molecule has 0 atom stereocenters. The number of amides is 2. The summed E-state index contributed by atoms with van der Waals surface area (Å²) in [5.41, 5.74) is -0.135. The summed E-state index contributed by atoms with van der Waals surface area (Å²) in [7, 11) is 0. The predicted molar refractivity (Wildman–Crippen MR) is 75.6 cm³/mol. The van der Waals surface area contributed by atoms with Crippen molar-refractivity contribution < 1.29 is 14.7 Å². The van der Waals surface area contributed by atoms with Gasteiger partial charge in [-0.05, 0) is 39.0 Å². The number of carboxylic acid groups (broad SMARTS) is 1. The molecule has 2 aliphatic rings. The second kappa shape index (κ2) is 5.99. The van der Waals surface area contributed by atoms with E-state index >= 15 is 0 Å². The highest BCUT2D eigenvalue weighted by Gasteiger charge is 2.39. The molecule has 0 aromatic rings. The van der Waals surface area contributed by atoms with Crippen molar-refractivity contribution in [1.29, 1.82) is 0 Å². The molecule has 0 unspecified atom stereocenters. The molecule has 2 rings (SSSR count). The molecule has 2 amide bonds. The molecule has 1 heterocycles. The van der Waals surface area contributed by atoms with Gasteiger partial charge in [0, 0.05) is 31.7 Å². The molecule has 1 saturated carbocycles. The molecule has 1 aliphatic carbocycles. The standard InChI is InChI=1S/C14H25N3O3/c1-14(2,11-4-5-11)15-13(20)17-7-3-6-16(8-9-17)10-12(18)19/h11H,3-10H2,1-2H3,(H,15,20)(H,18,19). The van der Waals surface area contributed by atoms with Gasteiger partial charge in [0.25, 0.3) is 0 Å². The maximum atomic E-state index is 12.3. The lowest BCUT2D eigenvalue weighted by Gasteiger charge is -2.30. The smallest absolute Gasteiger partial charge is 0.317 e. The predicted octanol–water partition coefficient (Wildman–Crippen LogP) is 0.977. The molecule has 2 N–H and O–H groups in total. The van der Waals surface area contributed by atoms with E-state index < -0.39 is 5.97 Å². The van der Waals surface area contributed by atoms with Crippen molar-refractivity contribution in [2.75, 3.05) is 32.7 Å². The fourth-order valence-electron chi connectivity index (χ4n) is 2.79. The maximum absolute atomic E-state index is 12.3. The van der Waals surface area contributed by atoms with Gasteiger partial charge in [-0.25, -0.2) is 4.79 Å². The molecule has 1 aliphatic heterocycles. The topological polar surface area (TPSA) is 72.9 Å². The molecule has 6 heteroatoms. The van der Waals surface area contributed by atoms with Gasteiger partial charge in [0.05, 0.1) is 6.54 Å². The number of rotatable bonds is 4. The summed E-state index contributed by atoms with van der Waals surface area (Å²) in [4.78, 5) is 26.7. The zero-order chi connectivity index (χ0) is 14.8. The van der Waals surface area contributed by atoms with Crippen LogP contribution in [0.25, 0.3) is 0 Å². The average Bonchev–Trinajstić information content (AvgIpc) is 3.15. The number of hydrogen-bond acceptors (Lipinski definition) is 3. The Morgan fingerprint density at radius 3 is 2.50 bits per heavy atom. The summed E-state index contributed by atoms with van der Waals surface area (Å²) in [6.07, 6.45) is 3.21. The van der Waals surface area contributed by atoms with Crippen LogP contribution in [-0.2, 0) is 4.79 Å². The van der Waals surface area contributed by atoms with Gasteiger partial charge in [-0.2, -0.15) is 0 Å². The van der Waals surface area contributed by atoms with Crippen LogP contribution >= 0.6 is 0 Å². The van der Waals surface area contributed by atoms with Crippen molar-refractivity contribution in [2.45, 2.75) is 38.6 Å². The second-order valence-electron chi connectivity index (χ2n) is 6.44. The molecular weight excluding hydrogens is 258 g/mol. The molecule has 0 aromatic heterocycles. The molecular formula is C14H25N3O3. The van der Waals surface area contributed by atoms with E-state index in [1.807, 2.05) is 9.80 Å². The Hall–Kier alpha value is -1.30. The van der Waals surface area contributed by atoms with Crippen LogP contribution in [0.1, 0.15) is 33.1 Å². The van der Waals surface area contributed by atoms with Crippen LogP contribution in [0.4, 0.5) is 4.79 Å². The summed E-state index contributed by atoms with van der Waals surface area (Å²) in [6.45, 7) is 6.88. The Morgan fingerprint density at radius 1 is 1.20 bits per heavy atom. The molecule has 0 aromatic carbocycles. The minimum Gasteiger partial charge on any atom is -0.480 e. The minimum absolute atomic E-state index is 0.0147. The average molecular weight is 283 g/mol. The SMILES string of the molecule is CC(C)(NC(=O)N1CCCN(CC(=O)O)CC1)C1CC1. The van der Waals surface area contributed by atoms with Crippen molar-refractivity contribution in [1.82, 2.24) is 15.1 Å². The van der Waals surface area contributed by atoms with Crippen LogP contribution in [0.15, 0.2) is 0 Å². The summed E-state index contributed by atoms with van der Waals surface area (Å²) < 4.78 is 0. The lowest BCUT2D eigenvalue weighted by Crippen LogP contribution is -2.52. The first-order valence-electron chi connectivity index (χ1n) is 7.40. The highest BCUT2D eigenvalue weighted by atomic mass is 16.4. The third-order valence-corrected chi connectivity index (χ3v) is 4.26. The summed E-state index contributed by atoms with van der Waals surface area (Å²) in [5.74, 6) is -0.209. The summed E-state index contributed by atoms with van der Waals surface area (Å²) in [5, 5.41) is 11.9. The van der Waals surface area contributed by atoms with Gasteiger partial charge in [0.15, 0.2) is 0 Å². The molecule has 0 bridgehead atoms. The molecule has 0 radical (unpaired) electrons. The van der Waals surface area contributed by atoms with Gasteiger partial charge in [-0.15, -0.1) is 0 Å². The zero-order valence-electron chi connectivity index (χ0n) is 12.4. The van der Waals surface area contributed by atoms with Crippen molar-refractivity contribution >= 4 is 12.0 Å². The van der Waals surface area contributed by atoms with E-state index in [1.165, 1.54) is 12.8 Å². The van der Waals surface area contributed by atoms with Crippen LogP contribution in [0, 0.1) is 5.92 Å². The number of carbonyl (C=O) groups excluding carboxylic acids is 1. The van der Waals surface area contributed by atoms with Gasteiger partial charge < -0.3 is 15.3 Å². The van der Waals surface area contributed by atoms with E-state index in [2.05, 4.69) is 19.2 Å². The van der Waals surface area contributed by atoms with Crippen LogP contribution in [0.2, 0.25) is 0 Å². The van der Waals surface area contributed by atoms with Crippen LogP contribution in [-0.4, -0.2) is 65.2 Å². The van der Waals surface area contributed by atoms with Gasteiger partial charge in [0.1, 0.15) is 0 Å². The quantitative estimate of drug-likeness (QED) is 0.806. The lowest BCUT2D eigenvalue weighted by molar-refractivity contribution is -0.138. The summed E-state index contributed by atoms with van der Waals surface area (Å²) in [6, 6.07) is -0.0147.